The van der Waals surface area contributed by atoms with E-state index in [1.807, 2.05) is 7.05 Å². The normalized spacial score (nSPS) is 14.2. The molecule has 1 heterocycles. The van der Waals surface area contributed by atoms with E-state index in [1.165, 1.54) is 5.69 Å². The summed E-state index contributed by atoms with van der Waals surface area (Å²) in [7, 11) is 6.30. The fourth-order valence-corrected chi connectivity index (χ4v) is 2.26. The van der Waals surface area contributed by atoms with Gasteiger partial charge < -0.3 is 10.2 Å². The van der Waals surface area contributed by atoms with Crippen LogP contribution in [0.1, 0.15) is 32.2 Å². The summed E-state index contributed by atoms with van der Waals surface area (Å²) in [6, 6.07) is 2.59. The van der Waals surface area contributed by atoms with Crippen molar-refractivity contribution in [2.75, 3.05) is 21.1 Å². The van der Waals surface area contributed by atoms with Crippen molar-refractivity contribution in [2.45, 2.75) is 52.2 Å². The molecule has 1 rings (SSSR count). The lowest BCUT2D eigenvalue weighted by molar-refractivity contribution is 0.140. The highest BCUT2D eigenvalue weighted by Crippen LogP contribution is 2.20. The van der Waals surface area contributed by atoms with Crippen LogP contribution in [0.3, 0.4) is 0 Å². The van der Waals surface area contributed by atoms with Gasteiger partial charge in [-0.2, -0.15) is 5.10 Å². The average Bonchev–Trinajstić information content (AvgIpc) is 2.65. The fourth-order valence-electron chi connectivity index (χ4n) is 2.26. The third-order valence-electron chi connectivity index (χ3n) is 4.05. The molecule has 0 saturated heterocycles. The van der Waals surface area contributed by atoms with Gasteiger partial charge in [-0.25, -0.2) is 0 Å². The van der Waals surface area contributed by atoms with Crippen LogP contribution >= 0.6 is 0 Å². The molecular formula is C14H28N4. The maximum Gasteiger partial charge on any atom is 0.0596 e. The summed E-state index contributed by atoms with van der Waals surface area (Å²) >= 11 is 0. The van der Waals surface area contributed by atoms with E-state index in [0.29, 0.717) is 6.04 Å². The molecule has 18 heavy (non-hydrogen) atoms. The first-order chi connectivity index (χ1) is 8.32. The first-order valence-electron chi connectivity index (χ1n) is 6.71. The molecule has 0 saturated carbocycles. The van der Waals surface area contributed by atoms with Gasteiger partial charge in [0.1, 0.15) is 0 Å². The molecule has 0 spiro atoms. The van der Waals surface area contributed by atoms with Gasteiger partial charge in [0.15, 0.2) is 0 Å². The van der Waals surface area contributed by atoms with Crippen LogP contribution in [0.15, 0.2) is 6.07 Å². The smallest absolute Gasteiger partial charge is 0.0596 e. The summed E-state index contributed by atoms with van der Waals surface area (Å²) in [5.41, 5.74) is 2.51. The van der Waals surface area contributed by atoms with Gasteiger partial charge in [-0.05, 0) is 54.9 Å². The highest BCUT2D eigenvalue weighted by atomic mass is 15.3. The zero-order valence-corrected chi connectivity index (χ0v) is 12.9. The highest BCUT2D eigenvalue weighted by molar-refractivity contribution is 5.12. The van der Waals surface area contributed by atoms with Crippen LogP contribution in [0.2, 0.25) is 0 Å². The first-order valence-corrected chi connectivity index (χ1v) is 6.71. The molecule has 104 valence electrons. The topological polar surface area (TPSA) is 33.1 Å². The monoisotopic (exact) mass is 252 g/mol. The minimum absolute atomic E-state index is 0.103. The molecule has 1 unspecified atom stereocenters. The summed E-state index contributed by atoms with van der Waals surface area (Å²) in [5.74, 6) is 0. The molecule has 4 nitrogen and oxygen atoms in total. The number of likely N-dealkylation sites (N-methyl/N-ethyl adjacent to an activating group) is 2. The summed E-state index contributed by atoms with van der Waals surface area (Å²) in [4.78, 5) is 2.27. The van der Waals surface area contributed by atoms with E-state index in [1.54, 1.807) is 0 Å². The number of nitrogens with zero attached hydrogens (tertiary/aromatic N) is 3. The zero-order chi connectivity index (χ0) is 13.9. The van der Waals surface area contributed by atoms with Crippen LogP contribution in [-0.4, -0.2) is 47.4 Å². The van der Waals surface area contributed by atoms with Crippen molar-refractivity contribution in [2.24, 2.45) is 0 Å². The highest BCUT2D eigenvalue weighted by Gasteiger charge is 2.31. The summed E-state index contributed by atoms with van der Waals surface area (Å²) in [5, 5.41) is 7.97. The lowest BCUT2D eigenvalue weighted by Gasteiger charge is -2.40. The Balaban J connectivity index is 2.92. The molecule has 1 N–H and O–H groups in total. The third-order valence-corrected chi connectivity index (χ3v) is 4.05. The second kappa shape index (κ2) is 5.85. The van der Waals surface area contributed by atoms with Gasteiger partial charge in [0, 0.05) is 30.2 Å². The predicted molar refractivity (Wildman–Crippen MR) is 77.0 cm³/mol. The Kier molecular flexibility index (Phi) is 4.93. The van der Waals surface area contributed by atoms with Crippen molar-refractivity contribution in [3.8, 4) is 0 Å². The Morgan fingerprint density at radius 2 is 2.06 bits per heavy atom. The van der Waals surface area contributed by atoms with E-state index in [4.69, 9.17) is 0 Å². The summed E-state index contributed by atoms with van der Waals surface area (Å²) < 4.78 is 2.10. The molecule has 4 heteroatoms. The van der Waals surface area contributed by atoms with Crippen LogP contribution in [0, 0.1) is 6.92 Å². The van der Waals surface area contributed by atoms with Crippen LogP contribution in [0.4, 0.5) is 0 Å². The van der Waals surface area contributed by atoms with Crippen molar-refractivity contribution in [1.29, 1.82) is 0 Å². The van der Waals surface area contributed by atoms with Crippen molar-refractivity contribution in [1.82, 2.24) is 20.0 Å². The van der Waals surface area contributed by atoms with Gasteiger partial charge in [-0.1, -0.05) is 0 Å². The molecule has 1 aromatic heterocycles. The van der Waals surface area contributed by atoms with E-state index in [-0.39, 0.29) is 5.54 Å². The number of aryl methyl sites for hydroxylation is 2. The van der Waals surface area contributed by atoms with Crippen molar-refractivity contribution >= 4 is 0 Å². The van der Waals surface area contributed by atoms with E-state index in [9.17, 15) is 0 Å². The molecular weight excluding hydrogens is 224 g/mol. The van der Waals surface area contributed by atoms with E-state index in [0.717, 1.165) is 18.7 Å². The van der Waals surface area contributed by atoms with E-state index in [2.05, 4.69) is 67.9 Å². The Bertz CT molecular complexity index is 379. The van der Waals surface area contributed by atoms with Crippen LogP contribution in [-0.2, 0) is 13.0 Å². The molecule has 0 radical (unpaired) electrons. The minimum Gasteiger partial charge on any atom is -0.315 e. The van der Waals surface area contributed by atoms with Gasteiger partial charge in [0.05, 0.1) is 5.69 Å². The Morgan fingerprint density at radius 3 is 2.50 bits per heavy atom. The number of aromatic nitrogens is 2. The largest absolute Gasteiger partial charge is 0.315 e. The van der Waals surface area contributed by atoms with Gasteiger partial charge in [-0.3, -0.25) is 4.68 Å². The Hall–Kier alpha value is -0.870. The zero-order valence-electron chi connectivity index (χ0n) is 12.9. The predicted octanol–water partition coefficient (Wildman–Crippen LogP) is 1.68. The van der Waals surface area contributed by atoms with Crippen molar-refractivity contribution < 1.29 is 0 Å². The van der Waals surface area contributed by atoms with Crippen molar-refractivity contribution in [3.63, 3.8) is 0 Å². The maximum atomic E-state index is 4.52. The SMILES string of the molecule is CCn1nc(C)cc1CC(NC)C(C)(C)N(C)C. The quantitative estimate of drug-likeness (QED) is 0.836. The molecule has 0 amide bonds. The lowest BCUT2D eigenvalue weighted by Crippen LogP contribution is -2.55. The number of rotatable bonds is 6. The molecule has 0 aliphatic rings. The molecule has 0 fully saturated rings. The second-order valence-electron chi connectivity index (χ2n) is 5.69. The van der Waals surface area contributed by atoms with Gasteiger partial charge in [0.25, 0.3) is 0 Å². The average molecular weight is 252 g/mol. The minimum atomic E-state index is 0.103. The van der Waals surface area contributed by atoms with Crippen molar-refractivity contribution in [3.05, 3.63) is 17.5 Å². The maximum absolute atomic E-state index is 4.52. The van der Waals surface area contributed by atoms with E-state index >= 15 is 0 Å². The summed E-state index contributed by atoms with van der Waals surface area (Å²) in [6.07, 6.45) is 0.996. The van der Waals surface area contributed by atoms with Gasteiger partial charge in [-0.15, -0.1) is 0 Å². The Morgan fingerprint density at radius 1 is 1.44 bits per heavy atom. The lowest BCUT2D eigenvalue weighted by atomic mass is 9.89. The molecule has 0 aliphatic heterocycles. The van der Waals surface area contributed by atoms with Crippen LogP contribution in [0.5, 0.6) is 0 Å². The fraction of sp³-hybridized carbons (Fsp3) is 0.786. The number of hydrogen-bond donors (Lipinski definition) is 1. The molecule has 0 bridgehead atoms. The van der Waals surface area contributed by atoms with Crippen LogP contribution in [0.25, 0.3) is 0 Å². The molecule has 0 aliphatic carbocycles. The van der Waals surface area contributed by atoms with Crippen LogP contribution < -0.4 is 5.32 Å². The number of nitrogens with one attached hydrogen (secondary N) is 1. The van der Waals surface area contributed by atoms with Gasteiger partial charge in [0.2, 0.25) is 0 Å². The van der Waals surface area contributed by atoms with E-state index < -0.39 is 0 Å². The molecule has 1 aromatic rings. The molecule has 0 aromatic carbocycles. The third kappa shape index (κ3) is 3.12. The summed E-state index contributed by atoms with van der Waals surface area (Å²) in [6.45, 7) is 9.67. The molecule has 1 atom stereocenters. The Labute approximate surface area is 111 Å². The second-order valence-corrected chi connectivity index (χ2v) is 5.69. The van der Waals surface area contributed by atoms with Gasteiger partial charge >= 0.3 is 0 Å². The number of hydrogen-bond acceptors (Lipinski definition) is 3. The standard InChI is InChI=1S/C14H28N4/c1-8-18-12(9-11(2)16-18)10-13(15-5)14(3,4)17(6)7/h9,13,15H,8,10H2,1-7H3. The first kappa shape index (κ1) is 15.2.